The van der Waals surface area contributed by atoms with Crippen LogP contribution in [-0.4, -0.2) is 28.1 Å². The molecule has 5 nitrogen and oxygen atoms in total. The van der Waals surface area contributed by atoms with E-state index in [0.717, 1.165) is 19.3 Å². The fourth-order valence-electron chi connectivity index (χ4n) is 4.98. The summed E-state index contributed by atoms with van der Waals surface area (Å²) in [5, 5.41) is 21.4. The number of phenolic OH excluding ortho intramolecular Hbond substituents is 1. The molecule has 4 rings (SSSR count). The van der Waals surface area contributed by atoms with E-state index in [1.54, 1.807) is 12.1 Å². The van der Waals surface area contributed by atoms with Crippen molar-refractivity contribution in [1.29, 1.82) is 0 Å². The van der Waals surface area contributed by atoms with Crippen molar-refractivity contribution in [2.24, 2.45) is 23.2 Å². The standard InChI is InChI=1S/C23H31NO4/c1-23(2)17-13-16(7-5-3-4-6-8-20(26)27)21(19(23)14-17)24-22(28)15-9-11-18(25)12-10-15/h3,5,9-12,16-17,19,21,25H,4,6-8,13-14H2,1-2H3,(H,24,28)(H,26,27)/b5-3-/t16-,17-,19-,21+/m0/s1. The van der Waals surface area contributed by atoms with Crippen LogP contribution >= 0.6 is 0 Å². The van der Waals surface area contributed by atoms with Gasteiger partial charge in [0.25, 0.3) is 5.91 Å². The van der Waals surface area contributed by atoms with Gasteiger partial charge in [0.15, 0.2) is 0 Å². The van der Waals surface area contributed by atoms with Crippen molar-refractivity contribution < 1.29 is 19.8 Å². The van der Waals surface area contributed by atoms with Gasteiger partial charge in [-0.05, 0) is 79.5 Å². The Morgan fingerprint density at radius 3 is 2.54 bits per heavy atom. The molecule has 3 N–H and O–H groups in total. The molecule has 3 saturated carbocycles. The van der Waals surface area contributed by atoms with Crippen LogP contribution in [0.5, 0.6) is 5.75 Å². The first-order valence-electron chi connectivity index (χ1n) is 10.3. The number of benzene rings is 1. The number of carboxylic acid groups (broad SMARTS) is 1. The van der Waals surface area contributed by atoms with Crippen LogP contribution in [-0.2, 0) is 4.79 Å². The highest BCUT2D eigenvalue weighted by molar-refractivity contribution is 5.94. The molecule has 0 spiro atoms. The van der Waals surface area contributed by atoms with Gasteiger partial charge in [-0.15, -0.1) is 0 Å². The number of amides is 1. The lowest BCUT2D eigenvalue weighted by atomic mass is 9.44. The highest BCUT2D eigenvalue weighted by atomic mass is 16.4. The zero-order valence-electron chi connectivity index (χ0n) is 16.7. The zero-order chi connectivity index (χ0) is 20.3. The van der Waals surface area contributed by atoms with E-state index in [0.29, 0.717) is 29.7 Å². The minimum absolute atomic E-state index is 0.0819. The SMILES string of the molecule is CC1(C)[C@H]2C[C@H](C/C=C\CCCC(=O)O)[C@@H](NC(=O)c3ccc(O)cc3)[C@@H]1C2. The molecular formula is C23H31NO4. The molecule has 0 aromatic heterocycles. The van der Waals surface area contributed by atoms with Crippen LogP contribution in [0.2, 0.25) is 0 Å². The zero-order valence-corrected chi connectivity index (χ0v) is 16.7. The van der Waals surface area contributed by atoms with Crippen molar-refractivity contribution in [3.05, 3.63) is 42.0 Å². The van der Waals surface area contributed by atoms with Crippen LogP contribution in [0.15, 0.2) is 36.4 Å². The Kier molecular flexibility index (Phi) is 6.11. The normalized spacial score (nSPS) is 27.9. The van der Waals surface area contributed by atoms with E-state index >= 15 is 0 Å². The molecule has 2 bridgehead atoms. The van der Waals surface area contributed by atoms with Gasteiger partial charge in [-0.1, -0.05) is 26.0 Å². The second kappa shape index (κ2) is 8.38. The Morgan fingerprint density at radius 1 is 1.18 bits per heavy atom. The molecule has 3 aliphatic rings. The van der Waals surface area contributed by atoms with E-state index in [-0.39, 0.29) is 29.5 Å². The number of aromatic hydroxyl groups is 1. The first kappa shape index (κ1) is 20.4. The van der Waals surface area contributed by atoms with E-state index in [4.69, 9.17) is 5.11 Å². The maximum atomic E-state index is 12.8. The average Bonchev–Trinajstić information content (AvgIpc) is 2.65. The monoisotopic (exact) mass is 385 g/mol. The highest BCUT2D eigenvalue weighted by Crippen LogP contribution is 2.61. The van der Waals surface area contributed by atoms with Crippen molar-refractivity contribution in [3.8, 4) is 5.75 Å². The number of fused-ring (bicyclic) bond motifs is 2. The molecule has 1 amide bonds. The fraction of sp³-hybridized carbons (Fsp3) is 0.565. The molecule has 28 heavy (non-hydrogen) atoms. The number of phenols is 1. The summed E-state index contributed by atoms with van der Waals surface area (Å²) >= 11 is 0. The lowest BCUT2D eigenvalue weighted by Gasteiger charge is -2.62. The quantitative estimate of drug-likeness (QED) is 0.458. The molecule has 0 aliphatic heterocycles. The van der Waals surface area contributed by atoms with Gasteiger partial charge in [0.2, 0.25) is 0 Å². The van der Waals surface area contributed by atoms with Gasteiger partial charge in [0.1, 0.15) is 5.75 Å². The van der Waals surface area contributed by atoms with Gasteiger partial charge >= 0.3 is 5.97 Å². The number of hydrogen-bond donors (Lipinski definition) is 3. The van der Waals surface area contributed by atoms with Gasteiger partial charge in [0.05, 0.1) is 0 Å². The Balaban J connectivity index is 1.62. The summed E-state index contributed by atoms with van der Waals surface area (Å²) in [6, 6.07) is 6.52. The van der Waals surface area contributed by atoms with E-state index in [1.807, 2.05) is 0 Å². The highest BCUT2D eigenvalue weighted by Gasteiger charge is 2.57. The molecule has 1 aromatic carbocycles. The largest absolute Gasteiger partial charge is 0.508 e. The topological polar surface area (TPSA) is 86.6 Å². The third-order valence-corrected chi connectivity index (χ3v) is 6.87. The third-order valence-electron chi connectivity index (χ3n) is 6.87. The molecule has 0 unspecified atom stereocenters. The summed E-state index contributed by atoms with van der Waals surface area (Å²) in [5.74, 6) is 0.931. The number of nitrogens with one attached hydrogen (secondary N) is 1. The molecule has 3 aliphatic carbocycles. The number of carbonyl (C=O) groups is 2. The minimum Gasteiger partial charge on any atom is -0.508 e. The number of carboxylic acids is 1. The molecule has 1 aromatic rings. The maximum absolute atomic E-state index is 12.8. The smallest absolute Gasteiger partial charge is 0.303 e. The predicted octanol–water partition coefficient (Wildman–Crippen LogP) is 4.37. The molecule has 5 heteroatoms. The molecule has 152 valence electrons. The first-order valence-corrected chi connectivity index (χ1v) is 10.3. The van der Waals surface area contributed by atoms with Crippen LogP contribution in [0.4, 0.5) is 0 Å². The number of allylic oxidation sites excluding steroid dienone is 2. The number of unbranched alkanes of at least 4 members (excludes halogenated alkanes) is 1. The van der Waals surface area contributed by atoms with Gasteiger partial charge in [-0.2, -0.15) is 0 Å². The fourth-order valence-corrected chi connectivity index (χ4v) is 4.98. The summed E-state index contributed by atoms with van der Waals surface area (Å²) in [7, 11) is 0. The number of aliphatic carboxylic acids is 1. The van der Waals surface area contributed by atoms with Crippen LogP contribution < -0.4 is 5.32 Å². The summed E-state index contributed by atoms with van der Waals surface area (Å²) < 4.78 is 0. The number of rotatable bonds is 8. The molecular weight excluding hydrogens is 354 g/mol. The Labute approximate surface area is 166 Å². The minimum atomic E-state index is -0.750. The second-order valence-corrected chi connectivity index (χ2v) is 8.90. The van der Waals surface area contributed by atoms with E-state index in [9.17, 15) is 14.7 Å². The Morgan fingerprint density at radius 2 is 1.89 bits per heavy atom. The maximum Gasteiger partial charge on any atom is 0.303 e. The van der Waals surface area contributed by atoms with E-state index in [1.165, 1.54) is 18.6 Å². The summed E-state index contributed by atoms with van der Waals surface area (Å²) in [6.45, 7) is 4.62. The van der Waals surface area contributed by atoms with Crippen LogP contribution in [0, 0.1) is 23.2 Å². The lowest BCUT2D eigenvalue weighted by molar-refractivity contribution is -0.137. The van der Waals surface area contributed by atoms with Crippen LogP contribution in [0.3, 0.4) is 0 Å². The van der Waals surface area contributed by atoms with Crippen molar-refractivity contribution in [2.45, 2.75) is 58.4 Å². The van der Waals surface area contributed by atoms with Gasteiger partial charge in [-0.3, -0.25) is 9.59 Å². The average molecular weight is 386 g/mol. The summed E-state index contributed by atoms with van der Waals surface area (Å²) in [4.78, 5) is 23.3. The lowest BCUT2D eigenvalue weighted by Crippen LogP contribution is -2.63. The van der Waals surface area contributed by atoms with Gasteiger partial charge in [0, 0.05) is 18.0 Å². The third kappa shape index (κ3) is 4.40. The Bertz CT molecular complexity index is 737. The van der Waals surface area contributed by atoms with Crippen LogP contribution in [0.1, 0.15) is 62.7 Å². The molecule has 4 atom stereocenters. The van der Waals surface area contributed by atoms with E-state index < -0.39 is 5.97 Å². The number of carbonyl (C=O) groups excluding carboxylic acids is 1. The van der Waals surface area contributed by atoms with Crippen molar-refractivity contribution >= 4 is 11.9 Å². The first-order chi connectivity index (χ1) is 13.3. The van der Waals surface area contributed by atoms with Crippen LogP contribution in [0.25, 0.3) is 0 Å². The summed E-state index contributed by atoms with van der Waals surface area (Å²) in [6.07, 6.45) is 9.08. The molecule has 0 radical (unpaired) electrons. The van der Waals surface area contributed by atoms with E-state index in [2.05, 4.69) is 31.3 Å². The second-order valence-electron chi connectivity index (χ2n) is 8.90. The van der Waals surface area contributed by atoms with Crippen molar-refractivity contribution in [2.75, 3.05) is 0 Å². The van der Waals surface area contributed by atoms with Crippen molar-refractivity contribution in [3.63, 3.8) is 0 Å². The molecule has 0 saturated heterocycles. The Hall–Kier alpha value is -2.30. The van der Waals surface area contributed by atoms with Crippen molar-refractivity contribution in [1.82, 2.24) is 5.32 Å². The summed E-state index contributed by atoms with van der Waals surface area (Å²) in [5.41, 5.74) is 0.828. The molecule has 0 heterocycles. The van der Waals surface area contributed by atoms with Gasteiger partial charge in [-0.25, -0.2) is 0 Å². The predicted molar refractivity (Wildman–Crippen MR) is 108 cm³/mol. The number of hydrogen-bond acceptors (Lipinski definition) is 3. The van der Waals surface area contributed by atoms with Gasteiger partial charge < -0.3 is 15.5 Å². The molecule has 3 fully saturated rings.